The zero-order valence-electron chi connectivity index (χ0n) is 20.3. The van der Waals surface area contributed by atoms with Gasteiger partial charge in [0.1, 0.15) is 18.1 Å². The topological polar surface area (TPSA) is 64.4 Å². The molecule has 5 heteroatoms. The van der Waals surface area contributed by atoms with Gasteiger partial charge in [0, 0.05) is 6.92 Å². The predicted octanol–water partition coefficient (Wildman–Crippen LogP) is 6.38. The number of benzene rings is 3. The lowest BCUT2D eigenvalue weighted by molar-refractivity contribution is -0.119. The van der Waals surface area contributed by atoms with Crippen molar-refractivity contribution in [2.24, 2.45) is 0 Å². The number of rotatable bonds is 7. The number of aromatic nitrogens is 1. The summed E-state index contributed by atoms with van der Waals surface area (Å²) in [4.78, 5) is 12.0. The van der Waals surface area contributed by atoms with Crippen molar-refractivity contribution < 1.29 is 14.1 Å². The predicted molar refractivity (Wildman–Crippen MR) is 134 cm³/mol. The molecule has 1 atom stereocenters. The fourth-order valence-corrected chi connectivity index (χ4v) is 4.17. The lowest BCUT2D eigenvalue weighted by atomic mass is 9.94. The zero-order valence-corrected chi connectivity index (χ0v) is 20.3. The molecule has 1 N–H and O–H groups in total. The Labute approximate surface area is 200 Å². The number of carbonyl (C=O) groups is 1. The smallest absolute Gasteiger partial charge is 0.217 e. The molecule has 0 saturated heterocycles. The summed E-state index contributed by atoms with van der Waals surface area (Å²) in [6.45, 7) is 9.96. The maximum absolute atomic E-state index is 12.0. The molecular formula is C29H30N2O3. The van der Waals surface area contributed by atoms with Gasteiger partial charge in [-0.15, -0.1) is 0 Å². The second-order valence-corrected chi connectivity index (χ2v) is 8.73. The average Bonchev–Trinajstić information content (AvgIpc) is 3.14. The number of nitrogens with one attached hydrogen (secondary N) is 1. The standard InChI is InChI=1S/C29H30N2O3/c1-18-6-15-27(19(2)16-18)23-7-9-24(10-8-23)29(30-22(5)32)25-11-13-26(14-12-25)33-17-28-20(3)31-34-21(28)4/h6-16,29H,17H2,1-5H3,(H,30,32). The second kappa shape index (κ2) is 9.96. The Morgan fingerprint density at radius 1 is 0.941 bits per heavy atom. The first-order valence-electron chi connectivity index (χ1n) is 11.4. The molecule has 5 nitrogen and oxygen atoms in total. The van der Waals surface area contributed by atoms with Gasteiger partial charge in [-0.1, -0.05) is 65.3 Å². The van der Waals surface area contributed by atoms with Gasteiger partial charge in [-0.05, 0) is 67.6 Å². The lowest BCUT2D eigenvalue weighted by Gasteiger charge is -2.20. The number of ether oxygens (including phenoxy) is 1. The van der Waals surface area contributed by atoms with Gasteiger partial charge in [0.2, 0.25) is 5.91 Å². The number of hydrogen-bond acceptors (Lipinski definition) is 4. The summed E-state index contributed by atoms with van der Waals surface area (Å²) in [5.74, 6) is 1.43. The van der Waals surface area contributed by atoms with Crippen molar-refractivity contribution in [3.05, 3.63) is 106 Å². The van der Waals surface area contributed by atoms with E-state index in [9.17, 15) is 4.79 Å². The van der Waals surface area contributed by atoms with Crippen LogP contribution >= 0.6 is 0 Å². The van der Waals surface area contributed by atoms with Gasteiger partial charge in [-0.25, -0.2) is 0 Å². The maximum atomic E-state index is 12.0. The minimum absolute atomic E-state index is 0.0813. The van der Waals surface area contributed by atoms with Crippen LogP contribution in [-0.4, -0.2) is 11.1 Å². The highest BCUT2D eigenvalue weighted by Crippen LogP contribution is 2.29. The fraction of sp³-hybridized carbons (Fsp3) is 0.241. The lowest BCUT2D eigenvalue weighted by Crippen LogP contribution is -2.26. The molecule has 0 radical (unpaired) electrons. The van der Waals surface area contributed by atoms with Crippen LogP contribution < -0.4 is 10.1 Å². The number of nitrogens with zero attached hydrogens (tertiary/aromatic N) is 1. The second-order valence-electron chi connectivity index (χ2n) is 8.73. The summed E-state index contributed by atoms with van der Waals surface area (Å²) in [6, 6.07) is 22.4. The van der Waals surface area contributed by atoms with Gasteiger partial charge < -0.3 is 14.6 Å². The molecule has 1 aromatic heterocycles. The molecule has 0 aliphatic heterocycles. The van der Waals surface area contributed by atoms with E-state index in [1.807, 2.05) is 38.1 Å². The summed E-state index contributed by atoms with van der Waals surface area (Å²) in [5, 5.41) is 7.04. The van der Waals surface area contributed by atoms with Crippen LogP contribution in [0.25, 0.3) is 11.1 Å². The molecule has 4 rings (SSSR count). The third-order valence-electron chi connectivity index (χ3n) is 6.06. The van der Waals surface area contributed by atoms with Crippen LogP contribution in [0.15, 0.2) is 71.3 Å². The Kier molecular flexibility index (Phi) is 6.82. The summed E-state index contributed by atoms with van der Waals surface area (Å²) in [5.41, 5.74) is 8.68. The first-order chi connectivity index (χ1) is 16.3. The van der Waals surface area contributed by atoms with Gasteiger partial charge in [-0.2, -0.15) is 0 Å². The van der Waals surface area contributed by atoms with Crippen LogP contribution in [0, 0.1) is 27.7 Å². The van der Waals surface area contributed by atoms with Crippen LogP contribution in [0.1, 0.15) is 52.2 Å². The van der Waals surface area contributed by atoms with Crippen molar-refractivity contribution in [1.82, 2.24) is 10.5 Å². The van der Waals surface area contributed by atoms with Crippen molar-refractivity contribution in [2.75, 3.05) is 0 Å². The molecule has 1 heterocycles. The average molecular weight is 455 g/mol. The highest BCUT2D eigenvalue weighted by Gasteiger charge is 2.16. The first kappa shape index (κ1) is 23.3. The zero-order chi connectivity index (χ0) is 24.2. The quantitative estimate of drug-likeness (QED) is 0.352. The molecule has 0 aliphatic carbocycles. The summed E-state index contributed by atoms with van der Waals surface area (Å²) < 4.78 is 11.1. The number of aryl methyl sites for hydroxylation is 4. The maximum Gasteiger partial charge on any atom is 0.217 e. The molecule has 0 spiro atoms. The molecule has 174 valence electrons. The van der Waals surface area contributed by atoms with E-state index in [-0.39, 0.29) is 11.9 Å². The molecule has 34 heavy (non-hydrogen) atoms. The Hall–Kier alpha value is -3.86. The van der Waals surface area contributed by atoms with Gasteiger partial charge in [0.05, 0.1) is 17.3 Å². The highest BCUT2D eigenvalue weighted by molar-refractivity contribution is 5.74. The van der Waals surface area contributed by atoms with Crippen LogP contribution in [-0.2, 0) is 11.4 Å². The number of carbonyl (C=O) groups excluding carboxylic acids is 1. The fourth-order valence-electron chi connectivity index (χ4n) is 4.17. The first-order valence-corrected chi connectivity index (χ1v) is 11.4. The molecular weight excluding hydrogens is 424 g/mol. The van der Waals surface area contributed by atoms with Crippen molar-refractivity contribution in [3.8, 4) is 16.9 Å². The monoisotopic (exact) mass is 454 g/mol. The van der Waals surface area contributed by atoms with Gasteiger partial charge >= 0.3 is 0 Å². The van der Waals surface area contributed by atoms with Gasteiger partial charge in [0.15, 0.2) is 0 Å². The Bertz CT molecular complexity index is 1270. The minimum Gasteiger partial charge on any atom is -0.489 e. The van der Waals surface area contributed by atoms with Crippen LogP contribution in [0.3, 0.4) is 0 Å². The van der Waals surface area contributed by atoms with Crippen LogP contribution in [0.5, 0.6) is 5.75 Å². The van der Waals surface area contributed by atoms with Crippen molar-refractivity contribution in [1.29, 1.82) is 0 Å². The van der Waals surface area contributed by atoms with Gasteiger partial charge in [0.25, 0.3) is 0 Å². The molecule has 0 fully saturated rings. The van der Waals surface area contributed by atoms with E-state index in [1.54, 1.807) is 0 Å². The summed E-state index contributed by atoms with van der Waals surface area (Å²) in [6.07, 6.45) is 0. The Balaban J connectivity index is 1.54. The van der Waals surface area contributed by atoms with E-state index in [2.05, 4.69) is 66.8 Å². The highest BCUT2D eigenvalue weighted by atomic mass is 16.5. The van der Waals surface area contributed by atoms with Crippen molar-refractivity contribution >= 4 is 5.91 Å². The molecule has 1 unspecified atom stereocenters. The van der Waals surface area contributed by atoms with Crippen LogP contribution in [0.4, 0.5) is 0 Å². The van der Waals surface area contributed by atoms with Crippen molar-refractivity contribution in [2.45, 2.75) is 47.3 Å². The molecule has 0 bridgehead atoms. The van der Waals surface area contributed by atoms with Crippen molar-refractivity contribution in [3.63, 3.8) is 0 Å². The normalized spacial score (nSPS) is 11.8. The number of amides is 1. The molecule has 3 aromatic carbocycles. The molecule has 0 saturated carbocycles. The molecule has 4 aromatic rings. The third-order valence-corrected chi connectivity index (χ3v) is 6.06. The summed E-state index contributed by atoms with van der Waals surface area (Å²) >= 11 is 0. The Morgan fingerprint density at radius 3 is 2.15 bits per heavy atom. The largest absolute Gasteiger partial charge is 0.489 e. The van der Waals surface area contributed by atoms with E-state index < -0.39 is 0 Å². The minimum atomic E-state index is -0.248. The molecule has 1 amide bonds. The van der Waals surface area contributed by atoms with Crippen LogP contribution in [0.2, 0.25) is 0 Å². The van der Waals surface area contributed by atoms with E-state index in [1.165, 1.54) is 23.6 Å². The summed E-state index contributed by atoms with van der Waals surface area (Å²) in [7, 11) is 0. The van der Waals surface area contributed by atoms with E-state index >= 15 is 0 Å². The third kappa shape index (κ3) is 5.20. The van der Waals surface area contributed by atoms with E-state index in [0.29, 0.717) is 6.61 Å². The molecule has 0 aliphatic rings. The van der Waals surface area contributed by atoms with Gasteiger partial charge in [-0.3, -0.25) is 4.79 Å². The van der Waals surface area contributed by atoms with E-state index in [0.717, 1.165) is 39.5 Å². The Morgan fingerprint density at radius 2 is 1.59 bits per heavy atom. The van der Waals surface area contributed by atoms with E-state index in [4.69, 9.17) is 9.26 Å². The number of hydrogen-bond donors (Lipinski definition) is 1. The SMILES string of the molecule is CC(=O)NC(c1ccc(OCc2c(C)noc2C)cc1)c1ccc(-c2ccc(C)cc2C)cc1.